The number of carbonyl (C=O) groups is 3. The number of likely N-dealkylation sites (N-methyl/N-ethyl adjacent to an activating group) is 1. The minimum Gasteiger partial charge on any atom is -0.481 e. The third kappa shape index (κ3) is 4.03. The molecule has 2 amide bonds. The molecule has 0 radical (unpaired) electrons. The van der Waals surface area contributed by atoms with Crippen molar-refractivity contribution >= 4 is 28.7 Å². The minimum atomic E-state index is -0.803. The molecule has 0 saturated carbocycles. The Balaban J connectivity index is 1.69. The van der Waals surface area contributed by atoms with Gasteiger partial charge in [0.25, 0.3) is 5.91 Å². The van der Waals surface area contributed by atoms with E-state index in [1.54, 1.807) is 11.9 Å². The summed E-state index contributed by atoms with van der Waals surface area (Å²) in [7, 11) is 1.64. The van der Waals surface area contributed by atoms with E-state index in [1.165, 1.54) is 4.90 Å². The number of hydrogen-bond donors (Lipinski definition) is 1. The lowest BCUT2D eigenvalue weighted by atomic mass is 9.97. The Kier molecular flexibility index (Phi) is 6.02. The Morgan fingerprint density at radius 1 is 1.18 bits per heavy atom. The average Bonchev–Trinajstić information content (AvgIpc) is 3.06. The van der Waals surface area contributed by atoms with Crippen LogP contribution in [0.4, 0.5) is 0 Å². The molecule has 1 aromatic heterocycles. The van der Waals surface area contributed by atoms with Crippen molar-refractivity contribution < 1.29 is 19.5 Å². The maximum absolute atomic E-state index is 13.0. The molecule has 7 heteroatoms. The SMILES string of the molecule is CCCn1c(C(=O)N(C)CC(=O)N2CCC(C(=O)O)CC2)cc2ccccc21. The predicted octanol–water partition coefficient (Wildman–Crippen LogP) is 2.45. The van der Waals surface area contributed by atoms with Gasteiger partial charge >= 0.3 is 5.97 Å². The zero-order valence-corrected chi connectivity index (χ0v) is 16.4. The summed E-state index contributed by atoms with van der Waals surface area (Å²) in [6.07, 6.45) is 1.83. The van der Waals surface area contributed by atoms with Crippen LogP contribution >= 0.6 is 0 Å². The van der Waals surface area contributed by atoms with E-state index in [0.717, 1.165) is 23.9 Å². The summed E-state index contributed by atoms with van der Waals surface area (Å²) >= 11 is 0. The molecular formula is C21H27N3O4. The number of para-hydroxylation sites is 1. The van der Waals surface area contributed by atoms with Crippen molar-refractivity contribution in [1.29, 1.82) is 0 Å². The van der Waals surface area contributed by atoms with Gasteiger partial charge in [0.05, 0.1) is 12.5 Å². The predicted molar refractivity (Wildman–Crippen MR) is 106 cm³/mol. The monoisotopic (exact) mass is 385 g/mol. The van der Waals surface area contributed by atoms with E-state index in [-0.39, 0.29) is 24.3 Å². The molecule has 0 aliphatic carbocycles. The largest absolute Gasteiger partial charge is 0.481 e. The number of aliphatic carboxylic acids is 1. The number of nitrogens with zero attached hydrogens (tertiary/aromatic N) is 3. The molecule has 2 heterocycles. The van der Waals surface area contributed by atoms with Crippen LogP contribution in [0.1, 0.15) is 36.7 Å². The number of amides is 2. The van der Waals surface area contributed by atoms with Crippen molar-refractivity contribution in [3.05, 3.63) is 36.0 Å². The van der Waals surface area contributed by atoms with Gasteiger partial charge in [-0.05, 0) is 31.4 Å². The maximum atomic E-state index is 13.0. The third-order valence-electron chi connectivity index (χ3n) is 5.39. The van der Waals surface area contributed by atoms with Crippen molar-refractivity contribution in [2.24, 2.45) is 5.92 Å². The van der Waals surface area contributed by atoms with Gasteiger partial charge < -0.3 is 19.5 Å². The lowest BCUT2D eigenvalue weighted by Crippen LogP contribution is -2.45. The molecule has 3 rings (SSSR count). The van der Waals surface area contributed by atoms with E-state index in [9.17, 15) is 14.4 Å². The minimum absolute atomic E-state index is 0.00970. The van der Waals surface area contributed by atoms with Crippen LogP contribution in [-0.4, -0.2) is 63.9 Å². The lowest BCUT2D eigenvalue weighted by Gasteiger charge is -2.31. The first-order valence-corrected chi connectivity index (χ1v) is 9.76. The lowest BCUT2D eigenvalue weighted by molar-refractivity contribution is -0.145. The van der Waals surface area contributed by atoms with Crippen LogP contribution in [0.2, 0.25) is 0 Å². The van der Waals surface area contributed by atoms with Crippen molar-refractivity contribution in [3.8, 4) is 0 Å². The molecule has 1 aromatic carbocycles. The summed E-state index contributed by atoms with van der Waals surface area (Å²) in [5.41, 5.74) is 1.60. The molecule has 0 spiro atoms. The fraction of sp³-hybridized carbons (Fsp3) is 0.476. The van der Waals surface area contributed by atoms with E-state index >= 15 is 0 Å². The molecule has 0 bridgehead atoms. The highest BCUT2D eigenvalue weighted by Gasteiger charge is 2.28. The van der Waals surface area contributed by atoms with E-state index < -0.39 is 5.97 Å². The van der Waals surface area contributed by atoms with Crippen LogP contribution in [-0.2, 0) is 16.1 Å². The molecule has 1 N–H and O–H groups in total. The number of aromatic nitrogens is 1. The molecule has 0 unspecified atom stereocenters. The van der Waals surface area contributed by atoms with Crippen LogP contribution in [0.15, 0.2) is 30.3 Å². The second-order valence-corrected chi connectivity index (χ2v) is 7.39. The quantitative estimate of drug-likeness (QED) is 0.828. The molecule has 1 aliphatic heterocycles. The summed E-state index contributed by atoms with van der Waals surface area (Å²) in [6, 6.07) is 9.76. The van der Waals surface area contributed by atoms with Gasteiger partial charge in [0, 0.05) is 37.6 Å². The van der Waals surface area contributed by atoms with E-state index in [1.807, 2.05) is 34.9 Å². The highest BCUT2D eigenvalue weighted by molar-refractivity contribution is 6.00. The normalized spacial score (nSPS) is 15.0. The molecule has 7 nitrogen and oxygen atoms in total. The van der Waals surface area contributed by atoms with Gasteiger partial charge in [-0.25, -0.2) is 0 Å². The van der Waals surface area contributed by atoms with Crippen LogP contribution in [0.5, 0.6) is 0 Å². The summed E-state index contributed by atoms with van der Waals surface area (Å²) < 4.78 is 2.01. The number of carboxylic acids is 1. The smallest absolute Gasteiger partial charge is 0.306 e. The number of fused-ring (bicyclic) bond motifs is 1. The molecule has 150 valence electrons. The van der Waals surface area contributed by atoms with Gasteiger partial charge in [-0.3, -0.25) is 14.4 Å². The number of carboxylic acid groups (broad SMARTS) is 1. The Labute approximate surface area is 164 Å². The number of piperidine rings is 1. The Morgan fingerprint density at radius 2 is 1.86 bits per heavy atom. The standard InChI is InChI=1S/C21H27N3O4/c1-3-10-24-17-7-5-4-6-16(17)13-18(24)20(26)22(2)14-19(25)23-11-8-15(9-12-23)21(27)28/h4-7,13,15H,3,8-12,14H2,1-2H3,(H,27,28). The second kappa shape index (κ2) is 8.46. The fourth-order valence-corrected chi connectivity index (χ4v) is 3.80. The number of hydrogen-bond acceptors (Lipinski definition) is 3. The van der Waals surface area contributed by atoms with Crippen molar-refractivity contribution in [2.75, 3.05) is 26.7 Å². The van der Waals surface area contributed by atoms with Crippen molar-refractivity contribution in [3.63, 3.8) is 0 Å². The summed E-state index contributed by atoms with van der Waals surface area (Å²) in [6.45, 7) is 3.64. The number of rotatable bonds is 6. The first-order chi connectivity index (χ1) is 13.4. The zero-order chi connectivity index (χ0) is 20.3. The van der Waals surface area contributed by atoms with Gasteiger partial charge in [0.1, 0.15) is 5.69 Å². The first kappa shape index (κ1) is 19.9. The third-order valence-corrected chi connectivity index (χ3v) is 5.39. The molecule has 1 aliphatic rings. The van der Waals surface area contributed by atoms with Crippen molar-refractivity contribution in [2.45, 2.75) is 32.7 Å². The highest BCUT2D eigenvalue weighted by Crippen LogP contribution is 2.22. The number of benzene rings is 1. The topological polar surface area (TPSA) is 82.9 Å². The van der Waals surface area contributed by atoms with Crippen molar-refractivity contribution in [1.82, 2.24) is 14.4 Å². The Morgan fingerprint density at radius 3 is 2.50 bits per heavy atom. The highest BCUT2D eigenvalue weighted by atomic mass is 16.4. The second-order valence-electron chi connectivity index (χ2n) is 7.39. The van der Waals surface area contributed by atoms with Gasteiger partial charge in [-0.2, -0.15) is 0 Å². The molecule has 1 fully saturated rings. The van der Waals surface area contributed by atoms with Gasteiger partial charge in [-0.15, -0.1) is 0 Å². The molecule has 2 aromatic rings. The first-order valence-electron chi connectivity index (χ1n) is 9.76. The number of likely N-dealkylation sites (tertiary alicyclic amines) is 1. The van der Waals surface area contributed by atoms with Crippen LogP contribution in [0.25, 0.3) is 10.9 Å². The molecular weight excluding hydrogens is 358 g/mol. The Hall–Kier alpha value is -2.83. The number of carbonyl (C=O) groups excluding carboxylic acids is 2. The fourth-order valence-electron chi connectivity index (χ4n) is 3.80. The zero-order valence-electron chi connectivity index (χ0n) is 16.4. The van der Waals surface area contributed by atoms with E-state index in [2.05, 4.69) is 6.92 Å². The number of aryl methyl sites for hydroxylation is 1. The van der Waals surface area contributed by atoms with Crippen LogP contribution in [0, 0.1) is 5.92 Å². The summed E-state index contributed by atoms with van der Waals surface area (Å²) in [5, 5.41) is 10.1. The summed E-state index contributed by atoms with van der Waals surface area (Å²) in [4.78, 5) is 39.8. The van der Waals surface area contributed by atoms with E-state index in [4.69, 9.17) is 5.11 Å². The van der Waals surface area contributed by atoms with Gasteiger partial charge in [0.15, 0.2) is 0 Å². The summed E-state index contributed by atoms with van der Waals surface area (Å²) in [5.74, 6) is -1.51. The maximum Gasteiger partial charge on any atom is 0.306 e. The molecule has 0 atom stereocenters. The average molecular weight is 385 g/mol. The van der Waals surface area contributed by atoms with Gasteiger partial charge in [-0.1, -0.05) is 25.1 Å². The van der Waals surface area contributed by atoms with Crippen LogP contribution < -0.4 is 0 Å². The molecule has 1 saturated heterocycles. The van der Waals surface area contributed by atoms with Crippen LogP contribution in [0.3, 0.4) is 0 Å². The molecule has 28 heavy (non-hydrogen) atoms. The Bertz CT molecular complexity index is 881. The van der Waals surface area contributed by atoms with Gasteiger partial charge in [0.2, 0.25) is 5.91 Å². The van der Waals surface area contributed by atoms with E-state index in [0.29, 0.717) is 31.6 Å².